The minimum absolute atomic E-state index is 0.0390. The minimum Gasteiger partial charge on any atom is -0.481 e. The van der Waals surface area contributed by atoms with E-state index in [0.717, 1.165) is 12.1 Å². The van der Waals surface area contributed by atoms with Crippen molar-refractivity contribution in [2.24, 2.45) is 0 Å². The number of aryl methyl sites for hydroxylation is 1. The lowest BCUT2D eigenvalue weighted by molar-refractivity contribution is -0.136. The van der Waals surface area contributed by atoms with Crippen LogP contribution in [0.2, 0.25) is 5.02 Å². The Bertz CT molecular complexity index is 437. The van der Waals surface area contributed by atoms with Crippen molar-refractivity contribution in [1.82, 2.24) is 10.2 Å². The fourth-order valence-corrected chi connectivity index (χ4v) is 1.76. The van der Waals surface area contributed by atoms with Crippen LogP contribution in [0.25, 0.3) is 0 Å². The van der Waals surface area contributed by atoms with E-state index < -0.39 is 6.10 Å². The topological polar surface area (TPSA) is 41.6 Å². The SMILES string of the molecule is CNCCN(C)C(=O)C(C)Oc1ccc(Cl)c(C)c1. The number of nitrogens with one attached hydrogen (secondary N) is 1. The van der Waals surface area contributed by atoms with Gasteiger partial charge in [0.25, 0.3) is 5.91 Å². The molecule has 0 bridgehead atoms. The summed E-state index contributed by atoms with van der Waals surface area (Å²) in [5.74, 6) is 0.618. The summed E-state index contributed by atoms with van der Waals surface area (Å²) < 4.78 is 5.64. The molecule has 1 atom stereocenters. The molecule has 1 aromatic rings. The zero-order chi connectivity index (χ0) is 14.4. The van der Waals surface area contributed by atoms with E-state index in [0.29, 0.717) is 17.3 Å². The maximum atomic E-state index is 12.1. The summed E-state index contributed by atoms with van der Waals surface area (Å²) in [5.41, 5.74) is 0.933. The molecule has 0 saturated heterocycles. The first-order valence-corrected chi connectivity index (χ1v) is 6.66. The second kappa shape index (κ2) is 7.36. The van der Waals surface area contributed by atoms with Gasteiger partial charge in [-0.1, -0.05) is 11.6 Å². The normalized spacial score (nSPS) is 12.1. The second-order valence-electron chi connectivity index (χ2n) is 4.53. The molecule has 0 radical (unpaired) electrons. The predicted octanol–water partition coefficient (Wildman–Crippen LogP) is 2.09. The quantitative estimate of drug-likeness (QED) is 0.870. The summed E-state index contributed by atoms with van der Waals surface area (Å²) in [6, 6.07) is 5.38. The van der Waals surface area contributed by atoms with E-state index in [9.17, 15) is 4.79 Å². The third-order valence-corrected chi connectivity index (χ3v) is 3.29. The molecule has 4 nitrogen and oxygen atoms in total. The summed E-state index contributed by atoms with van der Waals surface area (Å²) in [7, 11) is 3.63. The van der Waals surface area contributed by atoms with E-state index in [2.05, 4.69) is 5.32 Å². The lowest BCUT2D eigenvalue weighted by Crippen LogP contribution is -2.40. The highest BCUT2D eigenvalue weighted by Gasteiger charge is 2.18. The molecule has 0 spiro atoms. The van der Waals surface area contributed by atoms with Gasteiger partial charge in [-0.25, -0.2) is 0 Å². The molecule has 0 heterocycles. The highest BCUT2D eigenvalue weighted by molar-refractivity contribution is 6.31. The lowest BCUT2D eigenvalue weighted by atomic mass is 10.2. The van der Waals surface area contributed by atoms with Crippen molar-refractivity contribution in [2.45, 2.75) is 20.0 Å². The largest absolute Gasteiger partial charge is 0.481 e. The molecule has 5 heteroatoms. The maximum absolute atomic E-state index is 12.1. The van der Waals surface area contributed by atoms with Crippen molar-refractivity contribution in [2.75, 3.05) is 27.2 Å². The van der Waals surface area contributed by atoms with Crippen LogP contribution in [0.15, 0.2) is 18.2 Å². The highest BCUT2D eigenvalue weighted by Crippen LogP contribution is 2.22. The molecule has 0 fully saturated rings. The summed E-state index contributed by atoms with van der Waals surface area (Å²) in [6.07, 6.45) is -0.512. The molecule has 0 saturated carbocycles. The molecule has 1 unspecified atom stereocenters. The average Bonchev–Trinajstić information content (AvgIpc) is 2.39. The molecule has 0 aliphatic carbocycles. The summed E-state index contributed by atoms with van der Waals surface area (Å²) in [4.78, 5) is 13.7. The second-order valence-corrected chi connectivity index (χ2v) is 4.94. The fourth-order valence-electron chi connectivity index (χ4n) is 1.65. The number of nitrogens with zero attached hydrogens (tertiary/aromatic N) is 1. The van der Waals surface area contributed by atoms with Crippen LogP contribution in [0.1, 0.15) is 12.5 Å². The number of likely N-dealkylation sites (N-methyl/N-ethyl adjacent to an activating group) is 2. The van der Waals surface area contributed by atoms with Gasteiger partial charge in [-0.3, -0.25) is 4.79 Å². The van der Waals surface area contributed by atoms with E-state index in [1.165, 1.54) is 0 Å². The van der Waals surface area contributed by atoms with Crippen molar-refractivity contribution in [3.05, 3.63) is 28.8 Å². The van der Waals surface area contributed by atoms with E-state index in [1.54, 1.807) is 31.0 Å². The van der Waals surface area contributed by atoms with Gasteiger partial charge in [0.15, 0.2) is 6.10 Å². The van der Waals surface area contributed by atoms with Crippen LogP contribution in [0.5, 0.6) is 5.75 Å². The number of hydrogen-bond donors (Lipinski definition) is 1. The number of ether oxygens (including phenoxy) is 1. The number of rotatable bonds is 6. The smallest absolute Gasteiger partial charge is 0.263 e. The number of amides is 1. The number of hydrogen-bond acceptors (Lipinski definition) is 3. The Kier molecular flexibility index (Phi) is 6.12. The number of carbonyl (C=O) groups is 1. The molecule has 1 N–H and O–H groups in total. The van der Waals surface area contributed by atoms with Gasteiger partial charge in [0.05, 0.1) is 0 Å². The van der Waals surface area contributed by atoms with Crippen molar-refractivity contribution in [3.63, 3.8) is 0 Å². The molecule has 106 valence electrons. The Hall–Kier alpha value is -1.26. The first-order chi connectivity index (χ1) is 8.95. The zero-order valence-corrected chi connectivity index (χ0v) is 12.6. The molecule has 1 amide bonds. The molecular weight excluding hydrogens is 264 g/mol. The number of halogens is 1. The first-order valence-electron chi connectivity index (χ1n) is 6.28. The van der Waals surface area contributed by atoms with E-state index in [-0.39, 0.29) is 5.91 Å². The third kappa shape index (κ3) is 4.73. The van der Waals surface area contributed by atoms with Gasteiger partial charge in [0, 0.05) is 25.2 Å². The van der Waals surface area contributed by atoms with Crippen molar-refractivity contribution in [3.8, 4) is 5.75 Å². The van der Waals surface area contributed by atoms with Crippen LogP contribution >= 0.6 is 11.6 Å². The van der Waals surface area contributed by atoms with Gasteiger partial charge in [-0.15, -0.1) is 0 Å². The van der Waals surface area contributed by atoms with Crippen LogP contribution in [0.4, 0.5) is 0 Å². The third-order valence-electron chi connectivity index (χ3n) is 2.86. The molecular formula is C14H21ClN2O2. The van der Waals surface area contributed by atoms with E-state index >= 15 is 0 Å². The van der Waals surface area contributed by atoms with Gasteiger partial charge in [0.2, 0.25) is 0 Å². The van der Waals surface area contributed by atoms with Crippen LogP contribution in [-0.2, 0) is 4.79 Å². The Labute approximate surface area is 119 Å². The van der Waals surface area contributed by atoms with Crippen LogP contribution in [-0.4, -0.2) is 44.1 Å². The summed E-state index contributed by atoms with van der Waals surface area (Å²) in [6.45, 7) is 5.07. The maximum Gasteiger partial charge on any atom is 0.263 e. The zero-order valence-electron chi connectivity index (χ0n) is 11.9. The number of carbonyl (C=O) groups excluding carboxylic acids is 1. The molecule has 0 aliphatic rings. The van der Waals surface area contributed by atoms with Crippen LogP contribution in [0, 0.1) is 6.92 Å². The number of benzene rings is 1. The summed E-state index contributed by atoms with van der Waals surface area (Å²) >= 11 is 5.95. The Balaban J connectivity index is 2.60. The molecule has 1 rings (SSSR count). The monoisotopic (exact) mass is 284 g/mol. The van der Waals surface area contributed by atoms with Gasteiger partial charge < -0.3 is 15.0 Å². The summed E-state index contributed by atoms with van der Waals surface area (Å²) in [5, 5.41) is 3.70. The van der Waals surface area contributed by atoms with E-state index in [1.807, 2.05) is 20.0 Å². The van der Waals surface area contributed by atoms with Crippen LogP contribution < -0.4 is 10.1 Å². The van der Waals surface area contributed by atoms with Gasteiger partial charge in [0.1, 0.15) is 5.75 Å². The molecule has 1 aromatic carbocycles. The average molecular weight is 285 g/mol. The standard InChI is InChI=1S/C14H21ClN2O2/c1-10-9-12(5-6-13(10)15)19-11(2)14(18)17(4)8-7-16-3/h5-6,9,11,16H,7-8H2,1-4H3. The van der Waals surface area contributed by atoms with Crippen molar-refractivity contribution >= 4 is 17.5 Å². The highest BCUT2D eigenvalue weighted by atomic mass is 35.5. The van der Waals surface area contributed by atoms with E-state index in [4.69, 9.17) is 16.3 Å². The van der Waals surface area contributed by atoms with Gasteiger partial charge in [-0.2, -0.15) is 0 Å². The Morgan fingerprint density at radius 3 is 2.79 bits per heavy atom. The first kappa shape index (κ1) is 15.8. The van der Waals surface area contributed by atoms with Gasteiger partial charge in [-0.05, 0) is 44.7 Å². The minimum atomic E-state index is -0.512. The van der Waals surface area contributed by atoms with Crippen molar-refractivity contribution < 1.29 is 9.53 Å². The van der Waals surface area contributed by atoms with Crippen molar-refractivity contribution in [1.29, 1.82) is 0 Å². The molecule has 19 heavy (non-hydrogen) atoms. The van der Waals surface area contributed by atoms with Gasteiger partial charge >= 0.3 is 0 Å². The Morgan fingerprint density at radius 2 is 2.21 bits per heavy atom. The molecule has 0 aromatic heterocycles. The van der Waals surface area contributed by atoms with Crippen LogP contribution in [0.3, 0.4) is 0 Å². The molecule has 0 aliphatic heterocycles. The predicted molar refractivity (Wildman–Crippen MR) is 77.8 cm³/mol. The lowest BCUT2D eigenvalue weighted by Gasteiger charge is -2.22. The Morgan fingerprint density at radius 1 is 1.53 bits per heavy atom. The fraction of sp³-hybridized carbons (Fsp3) is 0.500.